The van der Waals surface area contributed by atoms with Crippen LogP contribution in [0.1, 0.15) is 33.1 Å². The van der Waals surface area contributed by atoms with E-state index in [0.29, 0.717) is 6.42 Å². The molecule has 0 bridgehead atoms. The summed E-state index contributed by atoms with van der Waals surface area (Å²) in [4.78, 5) is 0. The zero-order chi connectivity index (χ0) is 21.2. The maximum atomic E-state index is 9.43. The van der Waals surface area contributed by atoms with Gasteiger partial charge in [0.15, 0.2) is 0 Å². The Hall–Kier alpha value is -3.16. The van der Waals surface area contributed by atoms with Gasteiger partial charge in [-0.3, -0.25) is 0 Å². The Balaban J connectivity index is 2.10. The third-order valence-corrected chi connectivity index (χ3v) is 9.05. The molecule has 152 valence electrons. The van der Waals surface area contributed by atoms with E-state index < -0.39 is 8.32 Å². The minimum Gasteiger partial charge on any atom is -0.438 e. The highest BCUT2D eigenvalue weighted by Crippen LogP contribution is 2.14. The Kier molecular flexibility index (Phi) is 7.59. The van der Waals surface area contributed by atoms with E-state index in [1.54, 1.807) is 0 Å². The van der Waals surface area contributed by atoms with Crippen molar-refractivity contribution in [2.45, 2.75) is 33.1 Å². The maximum absolute atomic E-state index is 9.43. The van der Waals surface area contributed by atoms with E-state index in [-0.39, 0.29) is 5.92 Å². The van der Waals surface area contributed by atoms with Gasteiger partial charge >= 0.3 is 8.32 Å². The lowest BCUT2D eigenvalue weighted by Gasteiger charge is -2.30. The predicted octanol–water partition coefficient (Wildman–Crippen LogP) is 4.38. The number of benzene rings is 3. The first-order valence-electron chi connectivity index (χ1n) is 10.5. The molecular formula is C26H28N2OSi. The van der Waals surface area contributed by atoms with E-state index in [9.17, 15) is 5.26 Å². The summed E-state index contributed by atoms with van der Waals surface area (Å²) in [7, 11) is -2.84. The van der Waals surface area contributed by atoms with Gasteiger partial charge in [-0.05, 0) is 28.9 Å². The van der Waals surface area contributed by atoms with Crippen LogP contribution in [0.3, 0.4) is 0 Å². The molecule has 3 rings (SSSR count). The number of nitrogens with zero attached hydrogens (tertiary/aromatic N) is 2. The van der Waals surface area contributed by atoms with Crippen LogP contribution >= 0.6 is 0 Å². The molecule has 0 N–H and O–H groups in total. The molecule has 0 saturated carbocycles. The van der Waals surface area contributed by atoms with Crippen LogP contribution in [0.2, 0.25) is 0 Å². The van der Waals surface area contributed by atoms with Gasteiger partial charge in [-0.1, -0.05) is 104 Å². The third-order valence-electron chi connectivity index (χ3n) is 5.24. The molecule has 0 aliphatic rings. The van der Waals surface area contributed by atoms with Gasteiger partial charge in [-0.2, -0.15) is 5.26 Å². The normalized spacial score (nSPS) is 12.8. The summed E-state index contributed by atoms with van der Waals surface area (Å²) in [6.45, 7) is 4.06. The standard InChI is InChI=1S/C26H28N2OSi/c1-3-13-23(21-27)20-22(2)28-29-30(24-14-7-4-8-15-24,25-16-9-5-10-17-25)26-18-11-6-12-19-26/h4-12,14-19,23H,3,13,20H2,1-2H3. The summed E-state index contributed by atoms with van der Waals surface area (Å²) in [6.07, 6.45) is 2.50. The zero-order valence-corrected chi connectivity index (χ0v) is 18.7. The number of oxime groups is 1. The first-order chi connectivity index (χ1) is 14.7. The lowest BCUT2D eigenvalue weighted by molar-refractivity contribution is 0.346. The van der Waals surface area contributed by atoms with Crippen molar-refractivity contribution in [3.8, 4) is 6.07 Å². The summed E-state index contributed by atoms with van der Waals surface area (Å²) >= 11 is 0. The van der Waals surface area contributed by atoms with Crippen molar-refractivity contribution < 1.29 is 4.53 Å². The van der Waals surface area contributed by atoms with Gasteiger partial charge in [0.05, 0.1) is 17.7 Å². The summed E-state index contributed by atoms with van der Waals surface area (Å²) < 4.78 is 6.59. The topological polar surface area (TPSA) is 45.4 Å². The predicted molar refractivity (Wildman–Crippen MR) is 127 cm³/mol. The van der Waals surface area contributed by atoms with Gasteiger partial charge in [0.2, 0.25) is 0 Å². The highest BCUT2D eigenvalue weighted by atomic mass is 28.4. The second-order valence-corrected chi connectivity index (χ2v) is 10.8. The fourth-order valence-corrected chi connectivity index (χ4v) is 7.37. The first-order valence-corrected chi connectivity index (χ1v) is 12.4. The van der Waals surface area contributed by atoms with Crippen LogP contribution < -0.4 is 15.6 Å². The quantitative estimate of drug-likeness (QED) is 0.227. The highest BCUT2D eigenvalue weighted by Gasteiger charge is 2.44. The summed E-state index contributed by atoms with van der Waals surface area (Å²) in [5.74, 6) is -0.0245. The van der Waals surface area contributed by atoms with E-state index in [0.717, 1.165) is 34.1 Å². The van der Waals surface area contributed by atoms with E-state index in [2.05, 4.69) is 90.9 Å². The SMILES string of the molecule is CCCC(C#N)CC(C)=NO[Si](c1ccccc1)(c1ccccc1)c1ccccc1. The molecule has 0 aromatic heterocycles. The fraction of sp³-hybridized carbons (Fsp3) is 0.231. The molecule has 4 heteroatoms. The number of nitriles is 1. The minimum atomic E-state index is -2.84. The van der Waals surface area contributed by atoms with Crippen LogP contribution in [0.15, 0.2) is 96.2 Å². The molecule has 0 heterocycles. The van der Waals surface area contributed by atoms with Crippen molar-refractivity contribution in [3.05, 3.63) is 91.0 Å². The van der Waals surface area contributed by atoms with E-state index in [1.807, 2.05) is 25.1 Å². The van der Waals surface area contributed by atoms with Crippen molar-refractivity contribution in [1.29, 1.82) is 5.26 Å². The second-order valence-electron chi connectivity index (χ2n) is 7.52. The Morgan fingerprint density at radius 1 is 0.867 bits per heavy atom. The molecule has 0 saturated heterocycles. The Morgan fingerprint density at radius 2 is 1.30 bits per heavy atom. The molecule has 3 aromatic carbocycles. The largest absolute Gasteiger partial charge is 0.438 e. The molecule has 1 unspecified atom stereocenters. The van der Waals surface area contributed by atoms with Crippen LogP contribution in [-0.2, 0) is 4.53 Å². The maximum Gasteiger partial charge on any atom is 0.380 e. The monoisotopic (exact) mass is 412 g/mol. The van der Waals surface area contributed by atoms with Gasteiger partial charge in [0.1, 0.15) is 0 Å². The summed E-state index contributed by atoms with van der Waals surface area (Å²) in [5, 5.41) is 17.5. The molecule has 0 spiro atoms. The fourth-order valence-electron chi connectivity index (χ4n) is 3.78. The molecule has 3 aromatic rings. The average Bonchev–Trinajstić information content (AvgIpc) is 2.81. The van der Waals surface area contributed by atoms with Crippen LogP contribution in [0.25, 0.3) is 0 Å². The molecule has 3 nitrogen and oxygen atoms in total. The van der Waals surface area contributed by atoms with Crippen LogP contribution in [0.4, 0.5) is 0 Å². The van der Waals surface area contributed by atoms with Gasteiger partial charge in [0.25, 0.3) is 0 Å². The molecule has 0 amide bonds. The number of rotatable bonds is 9. The number of hydrogen-bond donors (Lipinski definition) is 0. The zero-order valence-electron chi connectivity index (χ0n) is 17.7. The molecule has 0 radical (unpaired) electrons. The molecule has 0 aliphatic carbocycles. The van der Waals surface area contributed by atoms with Gasteiger partial charge in [-0.25, -0.2) is 0 Å². The minimum absolute atomic E-state index is 0.0245. The van der Waals surface area contributed by atoms with Crippen molar-refractivity contribution >= 4 is 29.6 Å². The Morgan fingerprint density at radius 3 is 1.67 bits per heavy atom. The van der Waals surface area contributed by atoms with Gasteiger partial charge in [-0.15, -0.1) is 5.16 Å². The lowest BCUT2D eigenvalue weighted by Crippen LogP contribution is -2.68. The van der Waals surface area contributed by atoms with Crippen LogP contribution in [0.5, 0.6) is 0 Å². The van der Waals surface area contributed by atoms with Crippen molar-refractivity contribution in [2.75, 3.05) is 0 Å². The van der Waals surface area contributed by atoms with Crippen LogP contribution in [0, 0.1) is 17.2 Å². The molecule has 1 atom stereocenters. The third kappa shape index (κ3) is 4.87. The molecule has 0 aliphatic heterocycles. The molecule has 30 heavy (non-hydrogen) atoms. The van der Waals surface area contributed by atoms with Crippen molar-refractivity contribution in [2.24, 2.45) is 11.1 Å². The van der Waals surface area contributed by atoms with E-state index in [4.69, 9.17) is 4.53 Å². The smallest absolute Gasteiger partial charge is 0.380 e. The molecular weight excluding hydrogens is 384 g/mol. The van der Waals surface area contributed by atoms with Gasteiger partial charge < -0.3 is 4.53 Å². The van der Waals surface area contributed by atoms with E-state index in [1.165, 1.54) is 0 Å². The molecule has 0 fully saturated rings. The Labute approximate surface area is 180 Å². The van der Waals surface area contributed by atoms with E-state index >= 15 is 0 Å². The second kappa shape index (κ2) is 10.6. The Bertz CT molecular complexity index is 885. The van der Waals surface area contributed by atoms with Crippen molar-refractivity contribution in [3.63, 3.8) is 0 Å². The lowest BCUT2D eigenvalue weighted by atomic mass is 9.99. The summed E-state index contributed by atoms with van der Waals surface area (Å²) in [6, 6.07) is 33.6. The van der Waals surface area contributed by atoms with Gasteiger partial charge in [0, 0.05) is 6.42 Å². The highest BCUT2D eigenvalue weighted by molar-refractivity contribution is 7.07. The van der Waals surface area contributed by atoms with Crippen molar-refractivity contribution in [1.82, 2.24) is 0 Å². The first kappa shape index (κ1) is 21.5. The summed E-state index contributed by atoms with van der Waals surface area (Å²) in [5.41, 5.74) is 0.856. The number of hydrogen-bond acceptors (Lipinski definition) is 3. The average molecular weight is 413 g/mol. The van der Waals surface area contributed by atoms with Crippen LogP contribution in [-0.4, -0.2) is 14.0 Å².